The number of nitrogens with zero attached hydrogens (tertiary/aromatic N) is 3. The average molecular weight is 768 g/mol. The molecule has 4 rings (SSSR count). The van der Waals surface area contributed by atoms with Crippen molar-refractivity contribution in [2.75, 3.05) is 42.0 Å². The molecule has 1 aromatic carbocycles. The van der Waals surface area contributed by atoms with Crippen molar-refractivity contribution < 1.29 is 38.2 Å². The van der Waals surface area contributed by atoms with Crippen molar-refractivity contribution in [3.05, 3.63) is 35.9 Å². The van der Waals surface area contributed by atoms with Gasteiger partial charge in [0.2, 0.25) is 11.8 Å². The number of methoxy groups -OCH3 is 3. The molecule has 2 amide bonds. The third-order valence-corrected chi connectivity index (χ3v) is 13.4. The van der Waals surface area contributed by atoms with Crippen molar-refractivity contribution in [2.45, 2.75) is 135 Å². The van der Waals surface area contributed by atoms with E-state index in [2.05, 4.69) is 25.8 Å². The molecule has 0 aromatic heterocycles. The minimum absolute atomic E-state index is 0.00733. The van der Waals surface area contributed by atoms with E-state index in [9.17, 15) is 24.0 Å². The molecule has 0 radical (unpaired) electrons. The highest BCUT2D eigenvalue weighted by Gasteiger charge is 2.48. The maximum absolute atomic E-state index is 14.4. The Morgan fingerprint density at radius 2 is 1.60 bits per heavy atom. The number of likely N-dealkylation sites (tertiary alicyclic amines) is 2. The maximum Gasteiger partial charge on any atom is 0.309 e. The van der Waals surface area contributed by atoms with E-state index in [0.717, 1.165) is 37.7 Å². The lowest BCUT2D eigenvalue weighted by Gasteiger charge is -2.41. The third-order valence-electron chi connectivity index (χ3n) is 13.4. The summed E-state index contributed by atoms with van der Waals surface area (Å²) in [5.74, 6) is -1.90. The number of esters is 1. The number of likely N-dealkylation sites (N-methyl/N-ethyl adjacent to an activating group) is 2. The highest BCUT2D eigenvalue weighted by Crippen LogP contribution is 2.42. The van der Waals surface area contributed by atoms with E-state index >= 15 is 0 Å². The quantitative estimate of drug-likeness (QED) is 0.147. The van der Waals surface area contributed by atoms with Crippen LogP contribution in [0.2, 0.25) is 0 Å². The fourth-order valence-electron chi connectivity index (χ4n) is 9.98. The van der Waals surface area contributed by atoms with Crippen molar-refractivity contribution in [1.82, 2.24) is 14.7 Å². The highest BCUT2D eigenvalue weighted by molar-refractivity contribution is 5.91. The fraction of sp³-hybridized carbons (Fsp3) is 0.750. The molecule has 3 fully saturated rings. The molecule has 1 aromatic rings. The maximum atomic E-state index is 14.4. The van der Waals surface area contributed by atoms with Crippen molar-refractivity contribution in [2.24, 2.45) is 35.5 Å². The first-order valence-electron chi connectivity index (χ1n) is 20.7. The molecule has 308 valence electrons. The third kappa shape index (κ3) is 10.4. The van der Waals surface area contributed by atoms with E-state index in [1.807, 2.05) is 56.0 Å². The van der Waals surface area contributed by atoms with Gasteiger partial charge in [0.05, 0.1) is 49.8 Å². The van der Waals surface area contributed by atoms with E-state index in [0.29, 0.717) is 31.3 Å². The molecule has 55 heavy (non-hydrogen) atoms. The Bertz CT molecular complexity index is 1450. The highest BCUT2D eigenvalue weighted by atomic mass is 16.5. The minimum atomic E-state index is -0.631. The summed E-state index contributed by atoms with van der Waals surface area (Å²) in [5.41, 5.74) is 0.946. The Labute approximate surface area is 330 Å². The van der Waals surface area contributed by atoms with Crippen molar-refractivity contribution in [1.29, 1.82) is 0 Å². The molecular formula is C44H69N3O8. The van der Waals surface area contributed by atoms with Gasteiger partial charge in [-0.05, 0) is 68.9 Å². The first-order valence-corrected chi connectivity index (χ1v) is 20.7. The first-order chi connectivity index (χ1) is 26.2. The smallest absolute Gasteiger partial charge is 0.309 e. The van der Waals surface area contributed by atoms with Crippen molar-refractivity contribution >= 4 is 29.4 Å². The SMILES string of the molecule is CC[C@H](C)[C@@H]([C@@H](CC(=O)N1CCC[C@H]1[C@H](OC)[C@@H](C)C(=O)C[C@@H](Cc1ccccc1)C(=O)OC)OC)N(C)C(=O)[C@@H](CC(=O)[C@@H]1[C@H]2CC[C@H](C2)N1C)C(C)C. The van der Waals surface area contributed by atoms with E-state index in [4.69, 9.17) is 14.2 Å². The second-order valence-corrected chi connectivity index (χ2v) is 17.0. The Hall–Kier alpha value is -3.15. The number of ether oxygens (including phenoxy) is 3. The van der Waals surface area contributed by atoms with Gasteiger partial charge in [0.1, 0.15) is 5.78 Å². The van der Waals surface area contributed by atoms with Crippen LogP contribution in [-0.2, 0) is 44.6 Å². The predicted molar refractivity (Wildman–Crippen MR) is 212 cm³/mol. The number of ketones is 2. The largest absolute Gasteiger partial charge is 0.469 e. The number of carbonyl (C=O) groups is 5. The summed E-state index contributed by atoms with van der Waals surface area (Å²) >= 11 is 0. The lowest BCUT2D eigenvalue weighted by Crippen LogP contribution is -2.54. The summed E-state index contributed by atoms with van der Waals surface area (Å²) in [6, 6.07) is 9.20. The van der Waals surface area contributed by atoms with Gasteiger partial charge >= 0.3 is 5.97 Å². The number of piperidine rings is 1. The second kappa shape index (κ2) is 20.3. The molecule has 2 aliphatic heterocycles. The minimum Gasteiger partial charge on any atom is -0.469 e. The fourth-order valence-corrected chi connectivity index (χ4v) is 9.98. The van der Waals surface area contributed by atoms with Crippen molar-refractivity contribution in [3.8, 4) is 0 Å². The van der Waals surface area contributed by atoms with E-state index < -0.39 is 42.0 Å². The van der Waals surface area contributed by atoms with Gasteiger partial charge < -0.3 is 24.0 Å². The zero-order valence-corrected chi connectivity index (χ0v) is 35.2. The zero-order chi connectivity index (χ0) is 40.6. The van der Waals surface area contributed by atoms with Gasteiger partial charge in [-0.1, -0.05) is 71.4 Å². The van der Waals surface area contributed by atoms with Crippen LogP contribution in [0.1, 0.15) is 98.0 Å². The number of amides is 2. The standard InChI is InChI=1S/C44H69N3O8/c1-11-28(4)40(46(7)43(51)34(27(2)3)25-37(49)41-31-19-20-33(23-31)45(41)6)38(53-8)26-39(50)47-21-15-18-35(47)42(54-9)29(5)36(48)24-32(44(52)55-10)22-30-16-13-12-14-17-30/h12-14,16-17,27-29,31-35,38,40-42H,11,15,18-26H2,1-10H3/t28-,29-,31-,32+,33+,34-,35-,38+,40-,41-,42+/m0/s1. The Balaban J connectivity index is 1.46. The topological polar surface area (TPSA) is 123 Å². The Kier molecular flexibility index (Phi) is 16.5. The lowest BCUT2D eigenvalue weighted by molar-refractivity contribution is -0.150. The number of fused-ring (bicyclic) bond motifs is 2. The van der Waals surface area contributed by atoms with Gasteiger partial charge in [-0.25, -0.2) is 0 Å². The van der Waals surface area contributed by atoms with Crippen LogP contribution in [0.5, 0.6) is 0 Å². The van der Waals surface area contributed by atoms with Crippen LogP contribution < -0.4 is 0 Å². The lowest BCUT2D eigenvalue weighted by atomic mass is 9.83. The van der Waals surface area contributed by atoms with Crippen LogP contribution in [0.4, 0.5) is 0 Å². The molecule has 2 bridgehead atoms. The van der Waals surface area contributed by atoms with Crippen LogP contribution in [0.15, 0.2) is 30.3 Å². The average Bonchev–Trinajstić information content (AvgIpc) is 3.93. The molecule has 1 aliphatic carbocycles. The van der Waals surface area contributed by atoms with E-state index in [-0.39, 0.29) is 66.6 Å². The van der Waals surface area contributed by atoms with Crippen LogP contribution in [-0.4, -0.2) is 122 Å². The Morgan fingerprint density at radius 1 is 0.909 bits per heavy atom. The number of benzene rings is 1. The molecule has 0 spiro atoms. The second-order valence-electron chi connectivity index (χ2n) is 17.0. The monoisotopic (exact) mass is 768 g/mol. The van der Waals surface area contributed by atoms with E-state index in [1.165, 1.54) is 7.11 Å². The molecule has 2 heterocycles. The molecule has 2 saturated heterocycles. The molecule has 1 saturated carbocycles. The number of rotatable bonds is 21. The van der Waals surface area contributed by atoms with Gasteiger partial charge in [-0.15, -0.1) is 0 Å². The molecule has 11 nitrogen and oxygen atoms in total. The summed E-state index contributed by atoms with van der Waals surface area (Å²) in [4.78, 5) is 74.8. The molecule has 11 heteroatoms. The van der Waals surface area contributed by atoms with Gasteiger partial charge in [0, 0.05) is 58.5 Å². The predicted octanol–water partition coefficient (Wildman–Crippen LogP) is 5.61. The van der Waals surface area contributed by atoms with Crippen LogP contribution in [0.25, 0.3) is 0 Å². The van der Waals surface area contributed by atoms with E-state index in [1.54, 1.807) is 26.2 Å². The van der Waals surface area contributed by atoms with Gasteiger partial charge in [0.25, 0.3) is 0 Å². The number of hydrogen-bond donors (Lipinski definition) is 0. The summed E-state index contributed by atoms with van der Waals surface area (Å²) in [7, 11) is 8.35. The van der Waals surface area contributed by atoms with Crippen LogP contribution >= 0.6 is 0 Å². The van der Waals surface area contributed by atoms with Crippen molar-refractivity contribution in [3.63, 3.8) is 0 Å². The summed E-state index contributed by atoms with van der Waals surface area (Å²) in [6.45, 7) is 10.5. The molecule has 0 N–H and O–H groups in total. The number of carbonyl (C=O) groups excluding carboxylic acids is 5. The zero-order valence-electron chi connectivity index (χ0n) is 35.2. The summed E-state index contributed by atoms with van der Waals surface area (Å²) in [5, 5.41) is 0. The van der Waals surface area contributed by atoms with Gasteiger partial charge in [0.15, 0.2) is 5.78 Å². The molecular weight excluding hydrogens is 698 g/mol. The first kappa shape index (κ1) is 44.6. The van der Waals surface area contributed by atoms with Gasteiger partial charge in [-0.3, -0.25) is 28.9 Å². The molecule has 0 unspecified atom stereocenters. The van der Waals surface area contributed by atoms with Crippen LogP contribution in [0, 0.1) is 35.5 Å². The summed E-state index contributed by atoms with van der Waals surface area (Å²) < 4.78 is 17.1. The molecule has 11 atom stereocenters. The molecule has 3 aliphatic rings. The summed E-state index contributed by atoms with van der Waals surface area (Å²) in [6.07, 6.45) is 5.01. The normalized spacial score (nSPS) is 24.9. The number of Topliss-reactive ketones (excluding diaryl/α,β-unsaturated/α-hetero) is 2. The Morgan fingerprint density at radius 3 is 2.16 bits per heavy atom. The number of hydrogen-bond acceptors (Lipinski definition) is 9. The van der Waals surface area contributed by atoms with Crippen LogP contribution in [0.3, 0.4) is 0 Å². The van der Waals surface area contributed by atoms with Gasteiger partial charge in [-0.2, -0.15) is 0 Å².